The van der Waals surface area contributed by atoms with Crippen molar-refractivity contribution in [2.45, 2.75) is 38.0 Å². The van der Waals surface area contributed by atoms with Gasteiger partial charge in [-0.15, -0.1) is 12.4 Å². The topological polar surface area (TPSA) is 52.7 Å². The Bertz CT molecular complexity index is 675. The van der Waals surface area contributed by atoms with Crippen LogP contribution >= 0.6 is 24.0 Å². The number of benzene rings is 1. The van der Waals surface area contributed by atoms with Crippen LogP contribution in [0.3, 0.4) is 0 Å². The molecule has 1 aromatic rings. The van der Waals surface area contributed by atoms with Gasteiger partial charge in [0.15, 0.2) is 0 Å². The first kappa shape index (κ1) is 22.0. The molecular formula is C20H29Cl2N3O2. The second-order valence-electron chi connectivity index (χ2n) is 7.63. The number of hydrogen-bond acceptors (Lipinski definition) is 3. The maximum absolute atomic E-state index is 12.9. The third-order valence-corrected chi connectivity index (χ3v) is 5.80. The Morgan fingerprint density at radius 1 is 1.26 bits per heavy atom. The van der Waals surface area contributed by atoms with Crippen LogP contribution in [0.1, 0.15) is 43.6 Å². The van der Waals surface area contributed by atoms with Crippen LogP contribution in [0.2, 0.25) is 5.02 Å². The quantitative estimate of drug-likeness (QED) is 0.803. The minimum absolute atomic E-state index is 0. The summed E-state index contributed by atoms with van der Waals surface area (Å²) in [7, 11) is 3.52. The molecule has 27 heavy (non-hydrogen) atoms. The van der Waals surface area contributed by atoms with Crippen LogP contribution in [-0.2, 0) is 9.59 Å². The van der Waals surface area contributed by atoms with E-state index >= 15 is 0 Å². The van der Waals surface area contributed by atoms with Crippen LogP contribution in [0.4, 0.5) is 5.69 Å². The van der Waals surface area contributed by atoms with Crippen molar-refractivity contribution in [3.63, 3.8) is 0 Å². The highest BCUT2D eigenvalue weighted by Crippen LogP contribution is 2.40. The van der Waals surface area contributed by atoms with Crippen molar-refractivity contribution in [3.05, 3.63) is 28.8 Å². The first-order valence-corrected chi connectivity index (χ1v) is 9.84. The van der Waals surface area contributed by atoms with Gasteiger partial charge >= 0.3 is 0 Å². The molecule has 2 aliphatic heterocycles. The summed E-state index contributed by atoms with van der Waals surface area (Å²) >= 11 is 6.17. The summed E-state index contributed by atoms with van der Waals surface area (Å²) in [6, 6.07) is 5.65. The maximum Gasteiger partial charge on any atom is 0.227 e. The van der Waals surface area contributed by atoms with E-state index in [-0.39, 0.29) is 30.1 Å². The largest absolute Gasteiger partial charge is 0.349 e. The Hall–Kier alpha value is -1.30. The van der Waals surface area contributed by atoms with Gasteiger partial charge in [0.25, 0.3) is 0 Å². The summed E-state index contributed by atoms with van der Waals surface area (Å²) in [5, 5.41) is 4.01. The van der Waals surface area contributed by atoms with Gasteiger partial charge < -0.3 is 15.1 Å². The van der Waals surface area contributed by atoms with Crippen LogP contribution in [0.25, 0.3) is 0 Å². The molecule has 1 atom stereocenters. The summed E-state index contributed by atoms with van der Waals surface area (Å²) in [6.45, 7) is 2.68. The van der Waals surface area contributed by atoms with E-state index in [0.717, 1.165) is 43.6 Å². The summed E-state index contributed by atoms with van der Waals surface area (Å²) in [4.78, 5) is 28.5. The van der Waals surface area contributed by atoms with Crippen LogP contribution in [0.15, 0.2) is 18.2 Å². The molecule has 0 aromatic heterocycles. The zero-order valence-electron chi connectivity index (χ0n) is 16.0. The Morgan fingerprint density at radius 2 is 1.96 bits per heavy atom. The maximum atomic E-state index is 12.9. The van der Waals surface area contributed by atoms with Crippen LogP contribution in [0, 0.1) is 5.92 Å². The van der Waals surface area contributed by atoms with E-state index in [1.807, 2.05) is 23.1 Å². The van der Waals surface area contributed by atoms with Gasteiger partial charge in [-0.2, -0.15) is 0 Å². The SMILES string of the molecule is CN(C)C(=O)CC1CN(C(=O)CCC2CCNCC2)c2ccc(Cl)cc21.Cl. The number of piperidine rings is 1. The summed E-state index contributed by atoms with van der Waals surface area (Å²) in [5.74, 6) is 0.886. The van der Waals surface area contributed by atoms with Gasteiger partial charge in [-0.1, -0.05) is 11.6 Å². The van der Waals surface area contributed by atoms with Crippen molar-refractivity contribution in [1.29, 1.82) is 0 Å². The lowest BCUT2D eigenvalue weighted by Gasteiger charge is -2.24. The fraction of sp³-hybridized carbons (Fsp3) is 0.600. The molecular weight excluding hydrogens is 385 g/mol. The van der Waals surface area contributed by atoms with Gasteiger partial charge in [0.05, 0.1) is 0 Å². The molecule has 2 heterocycles. The van der Waals surface area contributed by atoms with Gasteiger partial charge in [0, 0.05) is 50.1 Å². The lowest BCUT2D eigenvalue weighted by Crippen LogP contribution is -2.32. The van der Waals surface area contributed by atoms with Gasteiger partial charge in [-0.25, -0.2) is 0 Å². The number of halogens is 2. The van der Waals surface area contributed by atoms with Gasteiger partial charge in [0.1, 0.15) is 0 Å². The third kappa shape index (κ3) is 5.37. The highest BCUT2D eigenvalue weighted by molar-refractivity contribution is 6.30. The van der Waals surface area contributed by atoms with E-state index < -0.39 is 0 Å². The Kier molecular flexibility index (Phi) is 7.95. The molecule has 1 saturated heterocycles. The molecule has 2 amide bonds. The number of fused-ring (bicyclic) bond motifs is 1. The minimum atomic E-state index is 0. The third-order valence-electron chi connectivity index (χ3n) is 5.57. The number of hydrogen-bond donors (Lipinski definition) is 1. The monoisotopic (exact) mass is 413 g/mol. The molecule has 1 fully saturated rings. The number of rotatable bonds is 5. The number of carbonyl (C=O) groups is 2. The highest BCUT2D eigenvalue weighted by Gasteiger charge is 2.34. The smallest absolute Gasteiger partial charge is 0.227 e. The van der Waals surface area contributed by atoms with Crippen molar-refractivity contribution in [3.8, 4) is 0 Å². The molecule has 5 nitrogen and oxygen atoms in total. The summed E-state index contributed by atoms with van der Waals surface area (Å²) in [6.07, 6.45) is 4.22. The van der Waals surface area contributed by atoms with Crippen molar-refractivity contribution in [1.82, 2.24) is 10.2 Å². The molecule has 3 rings (SSSR count). The van der Waals surface area contributed by atoms with Crippen molar-refractivity contribution < 1.29 is 9.59 Å². The van der Waals surface area contributed by atoms with Crippen LogP contribution in [-0.4, -0.2) is 50.4 Å². The Labute approximate surface area is 172 Å². The lowest BCUT2D eigenvalue weighted by molar-refractivity contribution is -0.129. The number of nitrogens with one attached hydrogen (secondary N) is 1. The molecule has 0 radical (unpaired) electrons. The van der Waals surface area contributed by atoms with E-state index in [2.05, 4.69) is 5.32 Å². The Balaban J connectivity index is 0.00000261. The molecule has 1 aromatic carbocycles. The molecule has 7 heteroatoms. The first-order valence-electron chi connectivity index (χ1n) is 9.46. The molecule has 1 unspecified atom stereocenters. The fourth-order valence-corrected chi connectivity index (χ4v) is 4.13. The van der Waals surface area contributed by atoms with E-state index in [1.54, 1.807) is 19.0 Å². The molecule has 0 spiro atoms. The zero-order chi connectivity index (χ0) is 18.7. The van der Waals surface area contributed by atoms with Gasteiger partial charge in [-0.05, 0) is 62.0 Å². The number of amides is 2. The minimum Gasteiger partial charge on any atom is -0.349 e. The average molecular weight is 414 g/mol. The van der Waals surface area contributed by atoms with Crippen molar-refractivity contribution >= 4 is 41.5 Å². The number of nitrogens with zero attached hydrogens (tertiary/aromatic N) is 2. The molecule has 0 aliphatic carbocycles. The highest BCUT2D eigenvalue weighted by atomic mass is 35.5. The molecule has 150 valence electrons. The average Bonchev–Trinajstić information content (AvgIpc) is 2.98. The van der Waals surface area contributed by atoms with Gasteiger partial charge in [0.2, 0.25) is 11.8 Å². The zero-order valence-corrected chi connectivity index (χ0v) is 17.6. The van der Waals surface area contributed by atoms with Crippen molar-refractivity contribution in [2.75, 3.05) is 38.6 Å². The predicted molar refractivity (Wildman–Crippen MR) is 112 cm³/mol. The molecule has 2 aliphatic rings. The second kappa shape index (κ2) is 9.76. The van der Waals surface area contributed by atoms with Crippen LogP contribution < -0.4 is 10.2 Å². The predicted octanol–water partition coefficient (Wildman–Crippen LogP) is 3.45. The molecule has 1 N–H and O–H groups in total. The molecule has 0 saturated carbocycles. The second-order valence-corrected chi connectivity index (χ2v) is 8.07. The van der Waals surface area contributed by atoms with E-state index in [9.17, 15) is 9.59 Å². The number of carbonyl (C=O) groups excluding carboxylic acids is 2. The fourth-order valence-electron chi connectivity index (χ4n) is 3.95. The van der Waals surface area contributed by atoms with Crippen LogP contribution in [0.5, 0.6) is 0 Å². The molecule has 0 bridgehead atoms. The summed E-state index contributed by atoms with van der Waals surface area (Å²) in [5.41, 5.74) is 1.93. The lowest BCUT2D eigenvalue weighted by atomic mass is 9.93. The standard InChI is InChI=1S/C20H28ClN3O2.ClH/c1-23(2)20(26)11-15-13-24(18-5-4-16(21)12-17(15)18)19(25)6-3-14-7-9-22-10-8-14;/h4-5,12,14-15,22H,3,6-11,13H2,1-2H3;1H. The van der Waals surface area contributed by atoms with Gasteiger partial charge in [-0.3, -0.25) is 9.59 Å². The summed E-state index contributed by atoms with van der Waals surface area (Å²) < 4.78 is 0. The van der Waals surface area contributed by atoms with E-state index in [1.165, 1.54) is 0 Å². The number of anilines is 1. The van der Waals surface area contributed by atoms with Crippen molar-refractivity contribution in [2.24, 2.45) is 5.92 Å². The normalized spacial score (nSPS) is 19.4. The Morgan fingerprint density at radius 3 is 2.63 bits per heavy atom. The van der Waals surface area contributed by atoms with E-state index in [0.29, 0.717) is 30.3 Å². The first-order chi connectivity index (χ1) is 12.5. The van der Waals surface area contributed by atoms with E-state index in [4.69, 9.17) is 11.6 Å².